The molecule has 1 heteroatoms. The van der Waals surface area contributed by atoms with Crippen molar-refractivity contribution in [2.24, 2.45) is 0 Å². The van der Waals surface area contributed by atoms with E-state index in [1.54, 1.807) is 0 Å². The second-order valence-corrected chi connectivity index (χ2v) is 5.75. The lowest BCUT2D eigenvalue weighted by Crippen LogP contribution is -2.17. The summed E-state index contributed by atoms with van der Waals surface area (Å²) in [7, 11) is 0. The van der Waals surface area contributed by atoms with Crippen molar-refractivity contribution in [1.29, 1.82) is 0 Å². The third kappa shape index (κ3) is 4.59. The Hall–Kier alpha value is -2.28. The van der Waals surface area contributed by atoms with Crippen molar-refractivity contribution in [3.8, 4) is 0 Å². The first-order valence-corrected chi connectivity index (χ1v) is 8.54. The second-order valence-electron chi connectivity index (χ2n) is 5.75. The van der Waals surface area contributed by atoms with Crippen LogP contribution in [0.3, 0.4) is 0 Å². The zero-order valence-electron chi connectivity index (χ0n) is 14.3. The Morgan fingerprint density at radius 1 is 0.913 bits per heavy atom. The van der Waals surface area contributed by atoms with Crippen LogP contribution in [-0.2, 0) is 6.54 Å². The molecule has 2 aromatic rings. The van der Waals surface area contributed by atoms with Crippen molar-refractivity contribution in [3.05, 3.63) is 78.0 Å². The van der Waals surface area contributed by atoms with Gasteiger partial charge in [-0.2, -0.15) is 0 Å². The number of hydrogen-bond acceptors (Lipinski definition) is 1. The van der Waals surface area contributed by atoms with Crippen LogP contribution in [0.2, 0.25) is 0 Å². The lowest BCUT2D eigenvalue weighted by molar-refractivity contribution is 0.772. The summed E-state index contributed by atoms with van der Waals surface area (Å²) in [5.41, 5.74) is 5.03. The van der Waals surface area contributed by atoms with Gasteiger partial charge in [-0.15, -0.1) is 0 Å². The highest BCUT2D eigenvalue weighted by molar-refractivity contribution is 5.80. The zero-order chi connectivity index (χ0) is 16.5. The van der Waals surface area contributed by atoms with Gasteiger partial charge in [-0.1, -0.05) is 94.3 Å². The first kappa shape index (κ1) is 17.1. The van der Waals surface area contributed by atoms with E-state index in [-0.39, 0.29) is 0 Å². The molecule has 1 heterocycles. The molecule has 120 valence electrons. The highest BCUT2D eigenvalue weighted by Gasteiger charge is 2.11. The lowest BCUT2D eigenvalue weighted by atomic mass is 10.0. The average molecular weight is 305 g/mol. The summed E-state index contributed by atoms with van der Waals surface area (Å²) in [5.74, 6) is 0. The maximum Gasteiger partial charge on any atom is 0.0482 e. The zero-order valence-corrected chi connectivity index (χ0v) is 14.3. The molecule has 2 aromatic carbocycles. The fourth-order valence-corrected chi connectivity index (χ4v) is 2.70. The Balaban J connectivity index is 0.000000338. The van der Waals surface area contributed by atoms with E-state index in [1.807, 2.05) is 6.20 Å². The SMILES string of the molecule is C=CN1Cc2ccccc2/C=C\c2ccccc21.CCCCC. The fourth-order valence-electron chi connectivity index (χ4n) is 2.70. The van der Waals surface area contributed by atoms with Gasteiger partial charge < -0.3 is 4.90 Å². The molecule has 3 rings (SSSR count). The number of fused-ring (bicyclic) bond motifs is 2. The van der Waals surface area contributed by atoms with Gasteiger partial charge in [0.05, 0.1) is 0 Å². The molecule has 0 bridgehead atoms. The van der Waals surface area contributed by atoms with Gasteiger partial charge >= 0.3 is 0 Å². The number of hydrogen-bond donors (Lipinski definition) is 0. The Bertz CT molecular complexity index is 653. The van der Waals surface area contributed by atoms with E-state index in [2.05, 4.69) is 86.0 Å². The maximum absolute atomic E-state index is 3.93. The van der Waals surface area contributed by atoms with Crippen molar-refractivity contribution in [2.75, 3.05) is 4.90 Å². The van der Waals surface area contributed by atoms with Gasteiger partial charge in [-0.3, -0.25) is 0 Å². The third-order valence-corrected chi connectivity index (χ3v) is 4.01. The molecule has 0 atom stereocenters. The number of unbranched alkanes of at least 4 members (excludes halogenated alkanes) is 2. The highest BCUT2D eigenvalue weighted by atomic mass is 15.1. The van der Waals surface area contributed by atoms with E-state index < -0.39 is 0 Å². The van der Waals surface area contributed by atoms with Crippen molar-refractivity contribution in [2.45, 2.75) is 39.7 Å². The summed E-state index contributed by atoms with van der Waals surface area (Å²) in [6, 6.07) is 16.9. The van der Waals surface area contributed by atoms with Crippen LogP contribution in [0.5, 0.6) is 0 Å². The number of nitrogens with zero attached hydrogens (tertiary/aromatic N) is 1. The highest BCUT2D eigenvalue weighted by Crippen LogP contribution is 2.28. The Morgan fingerprint density at radius 3 is 2.17 bits per heavy atom. The van der Waals surface area contributed by atoms with Gasteiger partial charge in [0.25, 0.3) is 0 Å². The van der Waals surface area contributed by atoms with E-state index in [0.29, 0.717) is 0 Å². The molecule has 23 heavy (non-hydrogen) atoms. The predicted molar refractivity (Wildman–Crippen MR) is 103 cm³/mol. The van der Waals surface area contributed by atoms with E-state index in [4.69, 9.17) is 0 Å². The summed E-state index contributed by atoms with van der Waals surface area (Å²) in [5, 5.41) is 0. The van der Waals surface area contributed by atoms with E-state index >= 15 is 0 Å². The average Bonchev–Trinajstić information content (AvgIpc) is 2.58. The predicted octanol–water partition coefficient (Wildman–Crippen LogP) is 6.52. The number of rotatable bonds is 3. The lowest BCUT2D eigenvalue weighted by Gasteiger charge is -2.25. The summed E-state index contributed by atoms with van der Waals surface area (Å²) >= 11 is 0. The summed E-state index contributed by atoms with van der Waals surface area (Å²) < 4.78 is 0. The molecule has 0 spiro atoms. The normalized spacial score (nSPS) is 13.6. The molecule has 0 fully saturated rings. The molecule has 0 N–H and O–H groups in total. The minimum atomic E-state index is 0.862. The van der Waals surface area contributed by atoms with Gasteiger partial charge in [0.15, 0.2) is 0 Å². The molecule has 0 unspecified atom stereocenters. The number of benzene rings is 2. The van der Waals surface area contributed by atoms with Gasteiger partial charge in [0.2, 0.25) is 0 Å². The van der Waals surface area contributed by atoms with Crippen LogP contribution >= 0.6 is 0 Å². The quantitative estimate of drug-likeness (QED) is 0.624. The number of anilines is 1. The molecule has 1 aliphatic rings. The third-order valence-electron chi connectivity index (χ3n) is 4.01. The van der Waals surface area contributed by atoms with Crippen LogP contribution in [0, 0.1) is 0 Å². The van der Waals surface area contributed by atoms with Crippen LogP contribution in [0.4, 0.5) is 5.69 Å². The summed E-state index contributed by atoms with van der Waals surface area (Å²) in [4.78, 5) is 2.19. The summed E-state index contributed by atoms with van der Waals surface area (Å²) in [6.45, 7) is 9.22. The van der Waals surface area contributed by atoms with Crippen molar-refractivity contribution in [1.82, 2.24) is 0 Å². The largest absolute Gasteiger partial charge is 0.344 e. The summed E-state index contributed by atoms with van der Waals surface area (Å²) in [6.07, 6.45) is 10.3. The van der Waals surface area contributed by atoms with Gasteiger partial charge in [-0.05, 0) is 29.0 Å². The minimum absolute atomic E-state index is 0.862. The molecule has 0 amide bonds. The van der Waals surface area contributed by atoms with Gasteiger partial charge in [-0.25, -0.2) is 0 Å². The first-order valence-electron chi connectivity index (χ1n) is 8.54. The van der Waals surface area contributed by atoms with E-state index in [9.17, 15) is 0 Å². The Labute approximate surface area is 141 Å². The molecule has 1 aliphatic heterocycles. The molecular weight excluding hydrogens is 278 g/mol. The van der Waals surface area contributed by atoms with Crippen molar-refractivity contribution < 1.29 is 0 Å². The molecule has 1 nitrogen and oxygen atoms in total. The second kappa shape index (κ2) is 8.99. The van der Waals surface area contributed by atoms with E-state index in [0.717, 1.165) is 6.54 Å². The minimum Gasteiger partial charge on any atom is -0.344 e. The molecule has 0 saturated heterocycles. The van der Waals surface area contributed by atoms with Crippen LogP contribution in [0.15, 0.2) is 61.3 Å². The van der Waals surface area contributed by atoms with Gasteiger partial charge in [0.1, 0.15) is 0 Å². The van der Waals surface area contributed by atoms with Crippen molar-refractivity contribution >= 4 is 17.8 Å². The number of para-hydroxylation sites is 1. The molecule has 0 radical (unpaired) electrons. The van der Waals surface area contributed by atoms with Crippen LogP contribution in [0.1, 0.15) is 49.8 Å². The van der Waals surface area contributed by atoms with E-state index in [1.165, 1.54) is 41.6 Å². The van der Waals surface area contributed by atoms with Crippen molar-refractivity contribution in [3.63, 3.8) is 0 Å². The molecule has 0 aliphatic carbocycles. The van der Waals surface area contributed by atoms with Gasteiger partial charge in [0, 0.05) is 12.2 Å². The molecule has 0 saturated carbocycles. The maximum atomic E-state index is 3.93. The first-order chi connectivity index (χ1) is 11.3. The smallest absolute Gasteiger partial charge is 0.0482 e. The van der Waals surface area contributed by atoms with Crippen LogP contribution in [-0.4, -0.2) is 0 Å². The Kier molecular flexibility index (Phi) is 6.68. The molecule has 0 aromatic heterocycles. The monoisotopic (exact) mass is 305 g/mol. The Morgan fingerprint density at radius 2 is 1.52 bits per heavy atom. The van der Waals surface area contributed by atoms with Crippen LogP contribution < -0.4 is 4.90 Å². The van der Waals surface area contributed by atoms with Crippen LogP contribution in [0.25, 0.3) is 12.2 Å². The topological polar surface area (TPSA) is 3.24 Å². The molecular formula is C22H27N. The fraction of sp³-hybridized carbons (Fsp3) is 0.273. The standard InChI is InChI=1S/C17H15N.C5H12/c1-2-18-13-16-9-4-3-7-14(16)11-12-15-8-5-6-10-17(15)18;1-3-5-4-2/h2-12H,1,13H2;3-5H2,1-2H3/b12-11-;.